The van der Waals surface area contributed by atoms with Gasteiger partial charge in [0.2, 0.25) is 0 Å². The Morgan fingerprint density at radius 2 is 1.89 bits per heavy atom. The minimum atomic E-state index is -0.817. The van der Waals surface area contributed by atoms with Crippen LogP contribution in [0.5, 0.6) is 0 Å². The largest absolute Gasteiger partial charge is 0.481 e. The van der Waals surface area contributed by atoms with Crippen LogP contribution in [0.15, 0.2) is 42.6 Å². The number of benzene rings is 1. The zero-order valence-corrected chi connectivity index (χ0v) is 10.4. The zero-order valence-electron chi connectivity index (χ0n) is 10.4. The second kappa shape index (κ2) is 5.04. The van der Waals surface area contributed by atoms with Crippen LogP contribution in [0.1, 0.15) is 25.5 Å². The van der Waals surface area contributed by atoms with Crippen molar-refractivity contribution in [1.29, 1.82) is 0 Å². The van der Waals surface area contributed by atoms with Gasteiger partial charge in [-0.05, 0) is 24.1 Å². The summed E-state index contributed by atoms with van der Waals surface area (Å²) in [6.45, 7) is 3.81. The molecule has 1 aromatic carbocycles. The van der Waals surface area contributed by atoms with E-state index in [0.29, 0.717) is 5.69 Å². The molecule has 0 amide bonds. The molecule has 0 spiro atoms. The fourth-order valence-electron chi connectivity index (χ4n) is 2.09. The molecule has 1 heterocycles. The average molecular weight is 244 g/mol. The molecule has 1 N–H and O–H groups in total. The highest BCUT2D eigenvalue weighted by Crippen LogP contribution is 2.26. The van der Waals surface area contributed by atoms with Gasteiger partial charge >= 0.3 is 5.97 Å². The van der Waals surface area contributed by atoms with Gasteiger partial charge in [0.1, 0.15) is 5.92 Å². The van der Waals surface area contributed by atoms with Gasteiger partial charge in [0.05, 0.1) is 11.4 Å². The highest BCUT2D eigenvalue weighted by Gasteiger charge is 2.27. The highest BCUT2D eigenvalue weighted by molar-refractivity contribution is 5.76. The van der Waals surface area contributed by atoms with E-state index >= 15 is 0 Å². The van der Waals surface area contributed by atoms with E-state index in [9.17, 15) is 9.90 Å². The van der Waals surface area contributed by atoms with Gasteiger partial charge in [0.15, 0.2) is 0 Å². The molecular formula is C14H16N2O2. The van der Waals surface area contributed by atoms with Crippen LogP contribution in [0.2, 0.25) is 0 Å². The molecule has 4 heteroatoms. The summed E-state index contributed by atoms with van der Waals surface area (Å²) in [5.74, 6) is -1.35. The van der Waals surface area contributed by atoms with Crippen LogP contribution in [0.3, 0.4) is 0 Å². The Bertz CT molecular complexity index is 532. The Morgan fingerprint density at radius 3 is 2.44 bits per heavy atom. The summed E-state index contributed by atoms with van der Waals surface area (Å²) in [7, 11) is 0. The molecule has 0 aliphatic heterocycles. The first-order valence-corrected chi connectivity index (χ1v) is 5.93. The average Bonchev–Trinajstić information content (AvgIpc) is 2.78. The van der Waals surface area contributed by atoms with Crippen LogP contribution < -0.4 is 0 Å². The number of para-hydroxylation sites is 1. The maximum Gasteiger partial charge on any atom is 0.312 e. The van der Waals surface area contributed by atoms with Crippen molar-refractivity contribution in [3.05, 3.63) is 48.3 Å². The Kier molecular flexibility index (Phi) is 3.46. The van der Waals surface area contributed by atoms with E-state index in [2.05, 4.69) is 5.10 Å². The van der Waals surface area contributed by atoms with Gasteiger partial charge in [-0.3, -0.25) is 4.79 Å². The Morgan fingerprint density at radius 1 is 1.22 bits per heavy atom. The van der Waals surface area contributed by atoms with Crippen molar-refractivity contribution in [3.8, 4) is 5.69 Å². The van der Waals surface area contributed by atoms with Crippen LogP contribution in [-0.2, 0) is 4.79 Å². The molecule has 18 heavy (non-hydrogen) atoms. The predicted octanol–water partition coefficient (Wildman–Crippen LogP) is 2.70. The third-order valence-corrected chi connectivity index (χ3v) is 2.92. The Hall–Kier alpha value is -2.10. The predicted molar refractivity (Wildman–Crippen MR) is 68.8 cm³/mol. The number of carbonyl (C=O) groups is 1. The van der Waals surface area contributed by atoms with Crippen molar-refractivity contribution in [2.24, 2.45) is 5.92 Å². The van der Waals surface area contributed by atoms with E-state index in [1.54, 1.807) is 16.9 Å². The van der Waals surface area contributed by atoms with E-state index in [0.717, 1.165) is 5.69 Å². The summed E-state index contributed by atoms with van der Waals surface area (Å²) < 4.78 is 1.69. The molecule has 0 saturated carbocycles. The molecule has 0 saturated heterocycles. The minimum Gasteiger partial charge on any atom is -0.481 e. The van der Waals surface area contributed by atoms with Crippen molar-refractivity contribution < 1.29 is 9.90 Å². The molecule has 1 aromatic heterocycles. The maximum atomic E-state index is 11.4. The molecule has 0 aliphatic rings. The van der Waals surface area contributed by atoms with Gasteiger partial charge < -0.3 is 5.11 Å². The Labute approximate surface area is 106 Å². The molecule has 0 radical (unpaired) electrons. The highest BCUT2D eigenvalue weighted by atomic mass is 16.4. The number of aromatic nitrogens is 2. The van der Waals surface area contributed by atoms with Gasteiger partial charge in [-0.2, -0.15) is 5.10 Å². The second-order valence-electron chi connectivity index (χ2n) is 4.56. The number of rotatable bonds is 4. The summed E-state index contributed by atoms with van der Waals surface area (Å²) in [5.41, 5.74) is 1.59. The molecule has 0 aliphatic carbocycles. The van der Waals surface area contributed by atoms with Gasteiger partial charge in [0, 0.05) is 6.20 Å². The molecule has 2 rings (SSSR count). The summed E-state index contributed by atoms with van der Waals surface area (Å²) in [6, 6.07) is 11.3. The fraction of sp³-hybridized carbons (Fsp3) is 0.286. The van der Waals surface area contributed by atoms with E-state index in [-0.39, 0.29) is 5.92 Å². The summed E-state index contributed by atoms with van der Waals surface area (Å²) in [4.78, 5) is 11.4. The smallest absolute Gasteiger partial charge is 0.312 e. The lowest BCUT2D eigenvalue weighted by Gasteiger charge is -2.17. The minimum absolute atomic E-state index is 0.0154. The van der Waals surface area contributed by atoms with Crippen molar-refractivity contribution >= 4 is 5.97 Å². The van der Waals surface area contributed by atoms with Crippen molar-refractivity contribution in [2.75, 3.05) is 0 Å². The fourth-order valence-corrected chi connectivity index (χ4v) is 2.09. The van der Waals surface area contributed by atoms with E-state index in [1.165, 1.54) is 0 Å². The molecule has 94 valence electrons. The van der Waals surface area contributed by atoms with Crippen LogP contribution in [0.25, 0.3) is 5.69 Å². The van der Waals surface area contributed by atoms with Crippen molar-refractivity contribution in [1.82, 2.24) is 9.78 Å². The quantitative estimate of drug-likeness (QED) is 0.899. The lowest BCUT2D eigenvalue weighted by Crippen LogP contribution is -2.20. The van der Waals surface area contributed by atoms with Crippen LogP contribution in [0.4, 0.5) is 0 Å². The van der Waals surface area contributed by atoms with Crippen LogP contribution >= 0.6 is 0 Å². The van der Waals surface area contributed by atoms with Crippen LogP contribution in [0, 0.1) is 5.92 Å². The number of hydrogen-bond acceptors (Lipinski definition) is 2. The van der Waals surface area contributed by atoms with Crippen molar-refractivity contribution in [2.45, 2.75) is 19.8 Å². The third kappa shape index (κ3) is 2.27. The van der Waals surface area contributed by atoms with E-state index < -0.39 is 11.9 Å². The molecular weight excluding hydrogens is 228 g/mol. The normalized spacial score (nSPS) is 12.6. The lowest BCUT2D eigenvalue weighted by atomic mass is 9.92. The topological polar surface area (TPSA) is 55.1 Å². The maximum absolute atomic E-state index is 11.4. The summed E-state index contributed by atoms with van der Waals surface area (Å²) in [6.07, 6.45) is 1.64. The van der Waals surface area contributed by atoms with E-state index in [1.807, 2.05) is 44.2 Å². The molecule has 0 fully saturated rings. The van der Waals surface area contributed by atoms with E-state index in [4.69, 9.17) is 0 Å². The number of carboxylic acid groups (broad SMARTS) is 1. The van der Waals surface area contributed by atoms with Gasteiger partial charge in [0.25, 0.3) is 0 Å². The second-order valence-corrected chi connectivity index (χ2v) is 4.56. The number of nitrogens with zero attached hydrogens (tertiary/aromatic N) is 2. The first kappa shape index (κ1) is 12.4. The van der Waals surface area contributed by atoms with Crippen molar-refractivity contribution in [3.63, 3.8) is 0 Å². The third-order valence-electron chi connectivity index (χ3n) is 2.92. The SMILES string of the molecule is CC(C)C(C(=O)O)c1ccnn1-c1ccccc1. The number of carboxylic acids is 1. The first-order valence-electron chi connectivity index (χ1n) is 5.93. The zero-order chi connectivity index (χ0) is 13.1. The lowest BCUT2D eigenvalue weighted by molar-refractivity contribution is -0.140. The number of aliphatic carboxylic acids is 1. The first-order chi connectivity index (χ1) is 8.61. The standard InChI is InChI=1S/C14H16N2O2/c1-10(2)13(14(17)18)12-8-9-15-16(12)11-6-4-3-5-7-11/h3-10,13H,1-2H3,(H,17,18). The molecule has 4 nitrogen and oxygen atoms in total. The molecule has 2 aromatic rings. The van der Waals surface area contributed by atoms with Gasteiger partial charge in [-0.15, -0.1) is 0 Å². The summed E-state index contributed by atoms with van der Waals surface area (Å²) in [5, 5.41) is 13.6. The van der Waals surface area contributed by atoms with Crippen LogP contribution in [-0.4, -0.2) is 20.9 Å². The molecule has 0 bridgehead atoms. The Balaban J connectivity index is 2.47. The molecule has 1 unspecified atom stereocenters. The molecule has 1 atom stereocenters. The van der Waals surface area contributed by atoms with Gasteiger partial charge in [-0.25, -0.2) is 4.68 Å². The number of hydrogen-bond donors (Lipinski definition) is 1. The monoisotopic (exact) mass is 244 g/mol. The van der Waals surface area contributed by atoms with Gasteiger partial charge in [-0.1, -0.05) is 32.0 Å². The summed E-state index contributed by atoms with van der Waals surface area (Å²) >= 11 is 0.